The summed E-state index contributed by atoms with van der Waals surface area (Å²) in [6.45, 7) is 5.14. The molecule has 0 unspecified atom stereocenters. The van der Waals surface area contributed by atoms with E-state index in [1.54, 1.807) is 0 Å². The number of nitrogen functional groups attached to an aromatic ring is 1. The highest BCUT2D eigenvalue weighted by atomic mass is 19.1. The van der Waals surface area contributed by atoms with Crippen LogP contribution in [-0.2, 0) is 0 Å². The fourth-order valence-corrected chi connectivity index (χ4v) is 4.25. The van der Waals surface area contributed by atoms with Crippen molar-refractivity contribution in [2.75, 3.05) is 23.7 Å². The number of hydrogen-bond acceptors (Lipinski definition) is 7. The third kappa shape index (κ3) is 3.41. The van der Waals surface area contributed by atoms with Crippen LogP contribution in [0.15, 0.2) is 18.5 Å². The molecule has 8 heteroatoms. The predicted molar refractivity (Wildman–Crippen MR) is 99.0 cm³/mol. The van der Waals surface area contributed by atoms with Crippen LogP contribution in [0.1, 0.15) is 24.2 Å². The van der Waals surface area contributed by atoms with Crippen LogP contribution in [0.2, 0.25) is 0 Å². The number of rotatable bonds is 3. The highest BCUT2D eigenvalue weighted by molar-refractivity contribution is 5.49. The van der Waals surface area contributed by atoms with Crippen LogP contribution in [-0.4, -0.2) is 45.4 Å². The second kappa shape index (κ2) is 6.92. The van der Waals surface area contributed by atoms with Gasteiger partial charge < -0.3 is 20.5 Å². The van der Waals surface area contributed by atoms with E-state index >= 15 is 0 Å². The number of aliphatic hydroxyl groups is 1. The Bertz CT molecular complexity index is 849. The fourth-order valence-electron chi connectivity index (χ4n) is 4.25. The monoisotopic (exact) mass is 373 g/mol. The van der Waals surface area contributed by atoms with Crippen molar-refractivity contribution < 1.29 is 14.2 Å². The van der Waals surface area contributed by atoms with Gasteiger partial charge in [0.2, 0.25) is 5.82 Å². The SMILES string of the molecule is Cc1ccc(O[C@@H]2C[C@@H]3CN(c4ncnc(N)c4F)C[C@@H]3C[C@H]2O)c(C)n1. The molecule has 27 heavy (non-hydrogen) atoms. The second-order valence-electron chi connectivity index (χ2n) is 7.55. The van der Waals surface area contributed by atoms with Gasteiger partial charge in [-0.05, 0) is 50.7 Å². The molecule has 2 aromatic heterocycles. The summed E-state index contributed by atoms with van der Waals surface area (Å²) in [6, 6.07) is 3.80. The molecule has 144 valence electrons. The Morgan fingerprint density at radius 2 is 1.93 bits per heavy atom. The van der Waals surface area contributed by atoms with Crippen molar-refractivity contribution in [1.82, 2.24) is 15.0 Å². The van der Waals surface area contributed by atoms with Gasteiger partial charge in [-0.3, -0.25) is 4.98 Å². The Labute approximate surface area is 157 Å². The zero-order valence-corrected chi connectivity index (χ0v) is 15.5. The van der Waals surface area contributed by atoms with Crippen LogP contribution < -0.4 is 15.4 Å². The van der Waals surface area contributed by atoms with E-state index in [2.05, 4.69) is 15.0 Å². The first-order valence-electron chi connectivity index (χ1n) is 9.22. The number of nitrogens with zero attached hydrogens (tertiary/aromatic N) is 4. The number of halogens is 1. The molecule has 1 aliphatic heterocycles. The first kappa shape index (κ1) is 17.9. The second-order valence-corrected chi connectivity index (χ2v) is 7.55. The Hall–Kier alpha value is -2.48. The summed E-state index contributed by atoms with van der Waals surface area (Å²) in [5, 5.41) is 10.6. The van der Waals surface area contributed by atoms with Gasteiger partial charge in [-0.15, -0.1) is 0 Å². The van der Waals surface area contributed by atoms with Crippen LogP contribution in [0.5, 0.6) is 5.75 Å². The molecule has 0 radical (unpaired) electrons. The molecule has 3 heterocycles. The third-order valence-corrected chi connectivity index (χ3v) is 5.64. The summed E-state index contributed by atoms with van der Waals surface area (Å²) in [6.07, 6.45) is 1.75. The maximum Gasteiger partial charge on any atom is 0.207 e. The van der Waals surface area contributed by atoms with E-state index in [0.717, 1.165) is 11.4 Å². The van der Waals surface area contributed by atoms with Crippen molar-refractivity contribution in [1.29, 1.82) is 0 Å². The van der Waals surface area contributed by atoms with Gasteiger partial charge in [-0.25, -0.2) is 9.97 Å². The lowest BCUT2D eigenvalue weighted by atomic mass is 9.78. The Morgan fingerprint density at radius 3 is 2.67 bits per heavy atom. The van der Waals surface area contributed by atoms with Gasteiger partial charge in [-0.2, -0.15) is 4.39 Å². The zero-order valence-electron chi connectivity index (χ0n) is 15.5. The Balaban J connectivity index is 1.48. The lowest BCUT2D eigenvalue weighted by Crippen LogP contribution is -2.42. The molecular weight excluding hydrogens is 349 g/mol. The third-order valence-electron chi connectivity index (χ3n) is 5.64. The number of ether oxygens (including phenoxy) is 1. The largest absolute Gasteiger partial charge is 0.486 e. The lowest BCUT2D eigenvalue weighted by molar-refractivity contribution is -0.0236. The Kier molecular flexibility index (Phi) is 4.59. The highest BCUT2D eigenvalue weighted by Gasteiger charge is 2.43. The molecule has 1 aliphatic carbocycles. The van der Waals surface area contributed by atoms with Crippen LogP contribution >= 0.6 is 0 Å². The average molecular weight is 373 g/mol. The molecule has 3 N–H and O–H groups in total. The van der Waals surface area contributed by atoms with E-state index in [4.69, 9.17) is 10.5 Å². The normalized spacial score (nSPS) is 27.5. The minimum atomic E-state index is -0.578. The minimum absolute atomic E-state index is 0.140. The maximum absolute atomic E-state index is 14.3. The number of nitrogens with two attached hydrogens (primary N) is 1. The molecule has 0 amide bonds. The van der Waals surface area contributed by atoms with Gasteiger partial charge in [0, 0.05) is 18.8 Å². The molecule has 2 aliphatic rings. The Morgan fingerprint density at radius 1 is 1.19 bits per heavy atom. The summed E-state index contributed by atoms with van der Waals surface area (Å²) in [5.41, 5.74) is 7.32. The van der Waals surface area contributed by atoms with Crippen molar-refractivity contribution in [3.63, 3.8) is 0 Å². The number of aryl methyl sites for hydroxylation is 2. The van der Waals surface area contributed by atoms with E-state index < -0.39 is 11.9 Å². The number of fused-ring (bicyclic) bond motifs is 1. The van der Waals surface area contributed by atoms with E-state index in [1.165, 1.54) is 6.33 Å². The van der Waals surface area contributed by atoms with Crippen molar-refractivity contribution in [3.05, 3.63) is 35.7 Å². The van der Waals surface area contributed by atoms with Crippen LogP contribution in [0.4, 0.5) is 16.0 Å². The first-order chi connectivity index (χ1) is 12.9. The van der Waals surface area contributed by atoms with Crippen molar-refractivity contribution >= 4 is 11.6 Å². The van der Waals surface area contributed by atoms with Gasteiger partial charge in [0.15, 0.2) is 11.6 Å². The number of hydrogen-bond donors (Lipinski definition) is 2. The fraction of sp³-hybridized carbons (Fsp3) is 0.526. The molecule has 7 nitrogen and oxygen atoms in total. The number of anilines is 2. The molecule has 1 saturated heterocycles. The average Bonchev–Trinajstić information content (AvgIpc) is 3.02. The van der Waals surface area contributed by atoms with Gasteiger partial charge in [-0.1, -0.05) is 0 Å². The van der Waals surface area contributed by atoms with Gasteiger partial charge >= 0.3 is 0 Å². The summed E-state index contributed by atoms with van der Waals surface area (Å²) < 4.78 is 20.4. The van der Waals surface area contributed by atoms with E-state index in [0.29, 0.717) is 37.6 Å². The van der Waals surface area contributed by atoms with Crippen molar-refractivity contribution in [2.24, 2.45) is 11.8 Å². The molecule has 4 atom stereocenters. The standard InChI is InChI=1S/C19H24FN5O2/c1-10-3-4-15(11(2)24-10)27-16-6-13-8-25(7-12(13)5-14(16)26)19-17(20)18(21)22-9-23-19/h3-4,9,12-14,16,26H,5-8H2,1-2H3,(H2,21,22,23)/t12-,13+,14+,16+/m0/s1. The first-order valence-corrected chi connectivity index (χ1v) is 9.22. The molecule has 0 spiro atoms. The van der Waals surface area contributed by atoms with Gasteiger partial charge in [0.25, 0.3) is 0 Å². The zero-order chi connectivity index (χ0) is 19.1. The molecule has 0 bridgehead atoms. The van der Waals surface area contributed by atoms with Crippen LogP contribution in [0.25, 0.3) is 0 Å². The topological polar surface area (TPSA) is 97.4 Å². The smallest absolute Gasteiger partial charge is 0.207 e. The van der Waals surface area contributed by atoms with Crippen LogP contribution in [0, 0.1) is 31.5 Å². The highest BCUT2D eigenvalue weighted by Crippen LogP contribution is 2.40. The van der Waals surface area contributed by atoms with E-state index in [-0.39, 0.29) is 23.7 Å². The molecule has 2 aromatic rings. The molecule has 4 rings (SSSR count). The molecular formula is C19H24FN5O2. The summed E-state index contributed by atoms with van der Waals surface area (Å²) in [5.74, 6) is 0.791. The van der Waals surface area contributed by atoms with Crippen molar-refractivity contribution in [2.45, 2.75) is 38.9 Å². The summed E-state index contributed by atoms with van der Waals surface area (Å²) in [7, 11) is 0. The quantitative estimate of drug-likeness (QED) is 0.847. The van der Waals surface area contributed by atoms with Crippen LogP contribution in [0.3, 0.4) is 0 Å². The van der Waals surface area contributed by atoms with Gasteiger partial charge in [0.05, 0.1) is 11.8 Å². The number of pyridine rings is 1. The van der Waals surface area contributed by atoms with Crippen molar-refractivity contribution in [3.8, 4) is 5.75 Å². The van der Waals surface area contributed by atoms with E-state index in [9.17, 15) is 9.50 Å². The summed E-state index contributed by atoms with van der Waals surface area (Å²) >= 11 is 0. The molecule has 2 fully saturated rings. The van der Waals surface area contributed by atoms with E-state index in [1.807, 2.05) is 30.9 Å². The minimum Gasteiger partial charge on any atom is -0.486 e. The number of aromatic nitrogens is 3. The molecule has 0 aromatic carbocycles. The summed E-state index contributed by atoms with van der Waals surface area (Å²) in [4.78, 5) is 14.1. The lowest BCUT2D eigenvalue weighted by Gasteiger charge is -2.35. The maximum atomic E-state index is 14.3. The predicted octanol–water partition coefficient (Wildman–Crippen LogP) is 1.86. The molecule has 1 saturated carbocycles. The number of aliphatic hydroxyl groups excluding tert-OH is 1. The van der Waals surface area contributed by atoms with Gasteiger partial charge in [0.1, 0.15) is 18.2 Å².